The van der Waals surface area contributed by atoms with E-state index in [0.717, 1.165) is 5.56 Å². The third-order valence-corrected chi connectivity index (χ3v) is 3.50. The summed E-state index contributed by atoms with van der Waals surface area (Å²) in [6.45, 7) is 3.61. The zero-order valence-corrected chi connectivity index (χ0v) is 10.0. The highest BCUT2D eigenvalue weighted by atomic mass is 16.3. The van der Waals surface area contributed by atoms with Crippen LogP contribution < -0.4 is 4.90 Å². The number of rotatable bonds is 2. The van der Waals surface area contributed by atoms with Gasteiger partial charge in [-0.3, -0.25) is 0 Å². The van der Waals surface area contributed by atoms with Crippen molar-refractivity contribution in [2.45, 2.75) is 45.3 Å². The lowest BCUT2D eigenvalue weighted by Crippen LogP contribution is -2.32. The molecule has 0 amide bonds. The summed E-state index contributed by atoms with van der Waals surface area (Å²) in [4.78, 5) is 2.49. The molecule has 2 heteroatoms. The lowest BCUT2D eigenvalue weighted by atomic mass is 10.1. The Balaban J connectivity index is 2.14. The lowest BCUT2D eigenvalue weighted by molar-refractivity contribution is 0.282. The molecule has 88 valence electrons. The van der Waals surface area contributed by atoms with Crippen molar-refractivity contribution in [1.29, 1.82) is 0 Å². The van der Waals surface area contributed by atoms with E-state index in [2.05, 4.69) is 24.0 Å². The zero-order valence-electron chi connectivity index (χ0n) is 10.0. The second-order valence-electron chi connectivity index (χ2n) is 4.72. The normalized spacial score (nSPS) is 21.9. The first-order valence-corrected chi connectivity index (χ1v) is 6.27. The van der Waals surface area contributed by atoms with Gasteiger partial charge in [-0.1, -0.05) is 25.0 Å². The Hall–Kier alpha value is -1.02. The minimum Gasteiger partial charge on any atom is -0.392 e. The summed E-state index contributed by atoms with van der Waals surface area (Å²) in [5, 5.41) is 9.02. The van der Waals surface area contributed by atoms with Crippen molar-refractivity contribution >= 4 is 5.69 Å². The fourth-order valence-corrected chi connectivity index (χ4v) is 2.45. The predicted octanol–water partition coefficient (Wildman–Crippen LogP) is 2.95. The van der Waals surface area contributed by atoms with Crippen LogP contribution in [0.4, 0.5) is 5.69 Å². The Morgan fingerprint density at radius 2 is 1.94 bits per heavy atom. The second-order valence-corrected chi connectivity index (χ2v) is 4.72. The van der Waals surface area contributed by atoms with E-state index < -0.39 is 0 Å². The largest absolute Gasteiger partial charge is 0.392 e. The van der Waals surface area contributed by atoms with Crippen molar-refractivity contribution < 1.29 is 5.11 Å². The van der Waals surface area contributed by atoms with Crippen LogP contribution in [0.3, 0.4) is 0 Å². The van der Waals surface area contributed by atoms with Crippen LogP contribution in [0.2, 0.25) is 0 Å². The smallest absolute Gasteiger partial charge is 0.0681 e. The molecule has 1 heterocycles. The fraction of sp³-hybridized carbons (Fsp3) is 0.571. The molecule has 2 nitrogen and oxygen atoms in total. The molecule has 0 aromatic heterocycles. The van der Waals surface area contributed by atoms with Gasteiger partial charge in [-0.15, -0.1) is 0 Å². The first kappa shape index (κ1) is 11.5. The van der Waals surface area contributed by atoms with Gasteiger partial charge >= 0.3 is 0 Å². The van der Waals surface area contributed by atoms with Crippen molar-refractivity contribution in [2.24, 2.45) is 0 Å². The second kappa shape index (κ2) is 5.35. The molecule has 0 bridgehead atoms. The van der Waals surface area contributed by atoms with E-state index in [9.17, 15) is 0 Å². The molecular weight excluding hydrogens is 198 g/mol. The van der Waals surface area contributed by atoms with Crippen molar-refractivity contribution in [3.63, 3.8) is 0 Å². The van der Waals surface area contributed by atoms with E-state index in [-0.39, 0.29) is 6.61 Å². The third kappa shape index (κ3) is 2.56. The van der Waals surface area contributed by atoms with E-state index in [4.69, 9.17) is 5.11 Å². The lowest BCUT2D eigenvalue weighted by Gasteiger charge is -2.29. The van der Waals surface area contributed by atoms with E-state index in [1.165, 1.54) is 37.9 Å². The van der Waals surface area contributed by atoms with Crippen molar-refractivity contribution in [3.05, 3.63) is 29.8 Å². The van der Waals surface area contributed by atoms with Gasteiger partial charge in [-0.2, -0.15) is 0 Å². The maximum absolute atomic E-state index is 9.02. The van der Waals surface area contributed by atoms with Gasteiger partial charge in [0.15, 0.2) is 0 Å². The van der Waals surface area contributed by atoms with Crippen LogP contribution in [-0.2, 0) is 6.61 Å². The van der Waals surface area contributed by atoms with Gasteiger partial charge in [0.05, 0.1) is 6.61 Å². The van der Waals surface area contributed by atoms with Gasteiger partial charge in [-0.05, 0) is 37.5 Å². The van der Waals surface area contributed by atoms with Crippen LogP contribution in [0.25, 0.3) is 0 Å². The molecule has 0 saturated carbocycles. The molecule has 1 saturated heterocycles. The van der Waals surface area contributed by atoms with Crippen LogP contribution in [0, 0.1) is 0 Å². The predicted molar refractivity (Wildman–Crippen MR) is 67.6 cm³/mol. The molecule has 1 fully saturated rings. The Bertz CT molecular complexity index is 320. The summed E-state index contributed by atoms with van der Waals surface area (Å²) < 4.78 is 0. The standard InChI is InChI=1S/C14H21NO/c1-12-5-3-2-4-10-15(12)14-8-6-13(11-16)7-9-14/h6-9,12,16H,2-5,10-11H2,1H3. The first-order chi connectivity index (χ1) is 7.81. The molecule has 2 rings (SSSR count). The molecule has 1 aromatic rings. The van der Waals surface area contributed by atoms with Crippen molar-refractivity contribution in [2.75, 3.05) is 11.4 Å². The monoisotopic (exact) mass is 219 g/mol. The van der Waals surface area contributed by atoms with Gasteiger partial charge in [-0.25, -0.2) is 0 Å². The Morgan fingerprint density at radius 1 is 1.19 bits per heavy atom. The molecule has 1 unspecified atom stereocenters. The SMILES string of the molecule is CC1CCCCCN1c1ccc(CO)cc1. The van der Waals surface area contributed by atoms with Crippen LogP contribution in [0.5, 0.6) is 0 Å². The molecular formula is C14H21NO. The number of aliphatic hydroxyl groups excluding tert-OH is 1. The average molecular weight is 219 g/mol. The molecule has 1 aliphatic rings. The summed E-state index contributed by atoms with van der Waals surface area (Å²) in [5.41, 5.74) is 2.29. The van der Waals surface area contributed by atoms with Gasteiger partial charge in [0.2, 0.25) is 0 Å². The highest BCUT2D eigenvalue weighted by Gasteiger charge is 2.16. The summed E-state index contributed by atoms with van der Waals surface area (Å²) in [6, 6.07) is 8.95. The highest BCUT2D eigenvalue weighted by molar-refractivity contribution is 5.48. The topological polar surface area (TPSA) is 23.5 Å². The molecule has 0 radical (unpaired) electrons. The molecule has 0 aliphatic carbocycles. The van der Waals surface area contributed by atoms with Gasteiger partial charge in [0.1, 0.15) is 0 Å². The van der Waals surface area contributed by atoms with Crippen LogP contribution in [0.15, 0.2) is 24.3 Å². The molecule has 1 aliphatic heterocycles. The van der Waals surface area contributed by atoms with Crippen molar-refractivity contribution in [1.82, 2.24) is 0 Å². The number of hydrogen-bond donors (Lipinski definition) is 1. The maximum Gasteiger partial charge on any atom is 0.0681 e. The average Bonchev–Trinajstić information content (AvgIpc) is 2.54. The van der Waals surface area contributed by atoms with Crippen molar-refractivity contribution in [3.8, 4) is 0 Å². The fourth-order valence-electron chi connectivity index (χ4n) is 2.45. The molecule has 1 atom stereocenters. The van der Waals surface area contributed by atoms with Crippen LogP contribution in [0.1, 0.15) is 38.2 Å². The van der Waals surface area contributed by atoms with E-state index in [1.807, 2.05) is 12.1 Å². The molecule has 0 spiro atoms. The minimum atomic E-state index is 0.135. The summed E-state index contributed by atoms with van der Waals surface area (Å²) in [5.74, 6) is 0. The number of benzene rings is 1. The first-order valence-electron chi connectivity index (χ1n) is 6.27. The summed E-state index contributed by atoms with van der Waals surface area (Å²) in [7, 11) is 0. The Labute approximate surface area is 97.9 Å². The number of hydrogen-bond acceptors (Lipinski definition) is 2. The van der Waals surface area contributed by atoms with E-state index in [0.29, 0.717) is 6.04 Å². The molecule has 1 N–H and O–H groups in total. The summed E-state index contributed by atoms with van der Waals surface area (Å²) >= 11 is 0. The number of nitrogens with zero attached hydrogens (tertiary/aromatic N) is 1. The quantitative estimate of drug-likeness (QED) is 0.826. The Morgan fingerprint density at radius 3 is 2.62 bits per heavy atom. The zero-order chi connectivity index (χ0) is 11.4. The maximum atomic E-state index is 9.02. The van der Waals surface area contributed by atoms with Crippen LogP contribution in [-0.4, -0.2) is 17.7 Å². The highest BCUT2D eigenvalue weighted by Crippen LogP contribution is 2.24. The molecule has 16 heavy (non-hydrogen) atoms. The van der Waals surface area contributed by atoms with E-state index in [1.54, 1.807) is 0 Å². The van der Waals surface area contributed by atoms with E-state index >= 15 is 0 Å². The Kier molecular flexibility index (Phi) is 3.83. The molecule has 1 aromatic carbocycles. The third-order valence-electron chi connectivity index (χ3n) is 3.50. The number of anilines is 1. The summed E-state index contributed by atoms with van der Waals surface area (Å²) in [6.07, 6.45) is 5.30. The minimum absolute atomic E-state index is 0.135. The van der Waals surface area contributed by atoms with Gasteiger partial charge in [0, 0.05) is 18.3 Å². The van der Waals surface area contributed by atoms with Gasteiger partial charge < -0.3 is 10.0 Å². The number of aliphatic hydroxyl groups is 1. The van der Waals surface area contributed by atoms with Gasteiger partial charge in [0.25, 0.3) is 0 Å². The van der Waals surface area contributed by atoms with Crippen LogP contribution >= 0.6 is 0 Å².